The van der Waals surface area contributed by atoms with E-state index in [1.54, 1.807) is 0 Å². The molecule has 0 aromatic heterocycles. The number of hydrogen-bond acceptors (Lipinski definition) is 3. The highest BCUT2D eigenvalue weighted by Gasteiger charge is 2.12. The molecule has 1 aliphatic carbocycles. The van der Waals surface area contributed by atoms with Gasteiger partial charge in [-0.1, -0.05) is 19.3 Å². The molecule has 6 heteroatoms. The van der Waals surface area contributed by atoms with Gasteiger partial charge in [-0.25, -0.2) is 0 Å². The molecule has 1 aliphatic rings. The van der Waals surface area contributed by atoms with Crippen LogP contribution in [-0.4, -0.2) is 52.0 Å². The van der Waals surface area contributed by atoms with Gasteiger partial charge in [0.15, 0.2) is 5.96 Å². The van der Waals surface area contributed by atoms with E-state index in [1.165, 1.54) is 44.9 Å². The standard InChI is InChI=1S/C18H37N3O2.HI/c1-3-22-15-10-14-21-18(19-2)20-13-8-5-9-16-23-17-11-6-4-7-12-17;/h17H,3-16H2,1-2H3,(H2,19,20,21);1H. The van der Waals surface area contributed by atoms with Gasteiger partial charge in [-0.15, -0.1) is 24.0 Å². The minimum absolute atomic E-state index is 0. The lowest BCUT2D eigenvalue weighted by molar-refractivity contribution is 0.0264. The third kappa shape index (κ3) is 13.2. The predicted molar refractivity (Wildman–Crippen MR) is 113 cm³/mol. The summed E-state index contributed by atoms with van der Waals surface area (Å²) in [6, 6.07) is 0. The van der Waals surface area contributed by atoms with Crippen LogP contribution in [0.25, 0.3) is 0 Å². The van der Waals surface area contributed by atoms with Crippen molar-refractivity contribution in [1.82, 2.24) is 10.6 Å². The lowest BCUT2D eigenvalue weighted by Gasteiger charge is -2.21. The summed E-state index contributed by atoms with van der Waals surface area (Å²) in [5, 5.41) is 6.67. The second kappa shape index (κ2) is 17.7. The number of guanidine groups is 1. The minimum Gasteiger partial charge on any atom is -0.382 e. The van der Waals surface area contributed by atoms with E-state index >= 15 is 0 Å². The van der Waals surface area contributed by atoms with E-state index in [9.17, 15) is 0 Å². The molecule has 0 spiro atoms. The largest absolute Gasteiger partial charge is 0.382 e. The second-order valence-electron chi connectivity index (χ2n) is 6.17. The van der Waals surface area contributed by atoms with Gasteiger partial charge < -0.3 is 20.1 Å². The third-order valence-electron chi connectivity index (χ3n) is 4.20. The van der Waals surface area contributed by atoms with Crippen molar-refractivity contribution < 1.29 is 9.47 Å². The van der Waals surface area contributed by atoms with E-state index in [0.717, 1.165) is 51.7 Å². The lowest BCUT2D eigenvalue weighted by atomic mass is 9.98. The molecule has 0 heterocycles. The molecule has 0 amide bonds. The number of ether oxygens (including phenoxy) is 2. The topological polar surface area (TPSA) is 54.9 Å². The van der Waals surface area contributed by atoms with Gasteiger partial charge in [-0.3, -0.25) is 4.99 Å². The summed E-state index contributed by atoms with van der Waals surface area (Å²) in [5.41, 5.74) is 0. The summed E-state index contributed by atoms with van der Waals surface area (Å²) < 4.78 is 11.3. The Balaban J connectivity index is 0.00000529. The first-order chi connectivity index (χ1) is 11.4. The third-order valence-corrected chi connectivity index (χ3v) is 4.20. The van der Waals surface area contributed by atoms with Crippen LogP contribution < -0.4 is 10.6 Å². The van der Waals surface area contributed by atoms with Crippen molar-refractivity contribution in [1.29, 1.82) is 0 Å². The van der Waals surface area contributed by atoms with Crippen molar-refractivity contribution in [3.8, 4) is 0 Å². The van der Waals surface area contributed by atoms with Gasteiger partial charge in [0.2, 0.25) is 0 Å². The maximum Gasteiger partial charge on any atom is 0.190 e. The summed E-state index contributed by atoms with van der Waals surface area (Å²) >= 11 is 0. The molecule has 1 fully saturated rings. The number of rotatable bonds is 12. The van der Waals surface area contributed by atoms with Crippen molar-refractivity contribution in [2.75, 3.05) is 40.0 Å². The summed E-state index contributed by atoms with van der Waals surface area (Å²) in [4.78, 5) is 4.23. The van der Waals surface area contributed by atoms with Crippen LogP contribution in [0.4, 0.5) is 0 Å². The lowest BCUT2D eigenvalue weighted by Crippen LogP contribution is -2.38. The van der Waals surface area contributed by atoms with Crippen LogP contribution in [0.15, 0.2) is 4.99 Å². The molecule has 144 valence electrons. The number of halogens is 1. The average Bonchev–Trinajstić information content (AvgIpc) is 2.59. The number of aliphatic imine (C=N–C) groups is 1. The molecule has 0 unspecified atom stereocenters. The Bertz CT molecular complexity index is 298. The maximum atomic E-state index is 5.95. The molecule has 2 N–H and O–H groups in total. The fourth-order valence-corrected chi connectivity index (χ4v) is 2.84. The van der Waals surface area contributed by atoms with Crippen LogP contribution >= 0.6 is 24.0 Å². The zero-order valence-corrected chi connectivity index (χ0v) is 18.0. The van der Waals surface area contributed by atoms with E-state index in [1.807, 2.05) is 14.0 Å². The molecule has 1 rings (SSSR count). The van der Waals surface area contributed by atoms with Gasteiger partial charge in [0.05, 0.1) is 6.10 Å². The fourth-order valence-electron chi connectivity index (χ4n) is 2.84. The number of unbranched alkanes of at least 4 members (excludes halogenated alkanes) is 2. The molecule has 0 aliphatic heterocycles. The van der Waals surface area contributed by atoms with Gasteiger partial charge in [0.25, 0.3) is 0 Å². The highest BCUT2D eigenvalue weighted by atomic mass is 127. The zero-order chi connectivity index (χ0) is 16.6. The van der Waals surface area contributed by atoms with Gasteiger partial charge >= 0.3 is 0 Å². The van der Waals surface area contributed by atoms with Gasteiger partial charge in [-0.05, 0) is 45.4 Å². The predicted octanol–water partition coefficient (Wildman–Crippen LogP) is 3.72. The Morgan fingerprint density at radius 2 is 1.67 bits per heavy atom. The second-order valence-corrected chi connectivity index (χ2v) is 6.17. The van der Waals surface area contributed by atoms with E-state index in [0.29, 0.717) is 6.10 Å². The van der Waals surface area contributed by atoms with E-state index < -0.39 is 0 Å². The first kappa shape index (κ1) is 23.9. The molecule has 0 aromatic carbocycles. The number of nitrogens with zero attached hydrogens (tertiary/aromatic N) is 1. The van der Waals surface area contributed by atoms with Crippen LogP contribution in [0, 0.1) is 0 Å². The zero-order valence-electron chi connectivity index (χ0n) is 15.6. The quantitative estimate of drug-likeness (QED) is 0.204. The molecule has 0 saturated heterocycles. The summed E-state index contributed by atoms with van der Waals surface area (Å²) in [6.45, 7) is 6.41. The van der Waals surface area contributed by atoms with Crippen molar-refractivity contribution in [2.24, 2.45) is 4.99 Å². The number of nitrogens with one attached hydrogen (secondary N) is 2. The molecule has 1 saturated carbocycles. The smallest absolute Gasteiger partial charge is 0.190 e. The van der Waals surface area contributed by atoms with Crippen LogP contribution in [-0.2, 0) is 9.47 Å². The highest BCUT2D eigenvalue weighted by molar-refractivity contribution is 14.0. The molecule has 5 nitrogen and oxygen atoms in total. The molecule has 0 radical (unpaired) electrons. The Labute approximate surface area is 165 Å². The molecule has 0 aromatic rings. The van der Waals surface area contributed by atoms with Crippen molar-refractivity contribution in [3.63, 3.8) is 0 Å². The van der Waals surface area contributed by atoms with E-state index in [2.05, 4.69) is 15.6 Å². The molecular weight excluding hydrogens is 417 g/mol. The van der Waals surface area contributed by atoms with E-state index in [-0.39, 0.29) is 24.0 Å². The van der Waals surface area contributed by atoms with Crippen LogP contribution in [0.3, 0.4) is 0 Å². The van der Waals surface area contributed by atoms with Gasteiger partial charge in [-0.2, -0.15) is 0 Å². The summed E-state index contributed by atoms with van der Waals surface area (Å²) in [6.07, 6.45) is 11.7. The summed E-state index contributed by atoms with van der Waals surface area (Å²) in [7, 11) is 1.82. The Hall–Kier alpha value is -0.0800. The minimum atomic E-state index is 0. The number of hydrogen-bond donors (Lipinski definition) is 2. The maximum absolute atomic E-state index is 5.95. The summed E-state index contributed by atoms with van der Waals surface area (Å²) in [5.74, 6) is 0.889. The van der Waals surface area contributed by atoms with Crippen molar-refractivity contribution in [2.45, 2.75) is 70.8 Å². The average molecular weight is 455 g/mol. The van der Waals surface area contributed by atoms with E-state index in [4.69, 9.17) is 9.47 Å². The van der Waals surface area contributed by atoms with Crippen molar-refractivity contribution >= 4 is 29.9 Å². The first-order valence-corrected chi connectivity index (χ1v) is 9.50. The molecule has 24 heavy (non-hydrogen) atoms. The SMILES string of the molecule is CCOCCCNC(=NC)NCCCCCOC1CCCCC1.I. The van der Waals surface area contributed by atoms with Crippen LogP contribution in [0.2, 0.25) is 0 Å². The molecule has 0 atom stereocenters. The Morgan fingerprint density at radius 3 is 2.33 bits per heavy atom. The van der Waals surface area contributed by atoms with Gasteiger partial charge in [0.1, 0.15) is 0 Å². The van der Waals surface area contributed by atoms with Crippen molar-refractivity contribution in [3.05, 3.63) is 0 Å². The Morgan fingerprint density at radius 1 is 0.958 bits per heavy atom. The first-order valence-electron chi connectivity index (χ1n) is 9.50. The normalized spacial score (nSPS) is 15.8. The fraction of sp³-hybridized carbons (Fsp3) is 0.944. The highest BCUT2D eigenvalue weighted by Crippen LogP contribution is 2.20. The Kier molecular flexibility index (Phi) is 17.7. The van der Waals surface area contributed by atoms with Crippen LogP contribution in [0.1, 0.15) is 64.7 Å². The van der Waals surface area contributed by atoms with Gasteiger partial charge in [0, 0.05) is 40.0 Å². The molecular formula is C18H38IN3O2. The van der Waals surface area contributed by atoms with Crippen LogP contribution in [0.5, 0.6) is 0 Å². The monoisotopic (exact) mass is 455 g/mol. The molecule has 0 bridgehead atoms.